The molecule has 1 rings (SSSR count). The van der Waals surface area contributed by atoms with Gasteiger partial charge < -0.3 is 15.4 Å². The number of benzene rings is 1. The van der Waals surface area contributed by atoms with Crippen LogP contribution in [0.5, 0.6) is 0 Å². The average Bonchev–Trinajstić information content (AvgIpc) is 2.51. The standard InChI is InChI=1S/C15H21Cl2N3O2/c1-18-15(20-9-7-14(21)22-2)19-8-3-4-11-5-6-12(16)10-13(11)17/h5-6,10H,3-4,7-9H2,1-2H3,(H2,18,19,20). The van der Waals surface area contributed by atoms with E-state index in [1.807, 2.05) is 12.1 Å². The van der Waals surface area contributed by atoms with Crippen molar-refractivity contribution in [1.82, 2.24) is 10.6 Å². The monoisotopic (exact) mass is 345 g/mol. The molecule has 0 aliphatic rings. The Bertz CT molecular complexity index is 522. The summed E-state index contributed by atoms with van der Waals surface area (Å²) in [7, 11) is 3.06. The van der Waals surface area contributed by atoms with Crippen LogP contribution >= 0.6 is 23.2 Å². The third-order valence-corrected chi connectivity index (χ3v) is 3.59. The predicted molar refractivity (Wildman–Crippen MR) is 90.8 cm³/mol. The minimum absolute atomic E-state index is 0.250. The fourth-order valence-electron chi connectivity index (χ4n) is 1.82. The van der Waals surface area contributed by atoms with Crippen LogP contribution in [0.4, 0.5) is 0 Å². The van der Waals surface area contributed by atoms with E-state index in [1.54, 1.807) is 13.1 Å². The number of hydrogen-bond acceptors (Lipinski definition) is 3. The fraction of sp³-hybridized carbons (Fsp3) is 0.467. The van der Waals surface area contributed by atoms with Crippen LogP contribution in [-0.2, 0) is 16.0 Å². The number of nitrogens with zero attached hydrogens (tertiary/aromatic N) is 1. The summed E-state index contributed by atoms with van der Waals surface area (Å²) in [5.41, 5.74) is 1.07. The smallest absolute Gasteiger partial charge is 0.307 e. The van der Waals surface area contributed by atoms with Gasteiger partial charge >= 0.3 is 5.97 Å². The van der Waals surface area contributed by atoms with Crippen LogP contribution < -0.4 is 10.6 Å². The Hall–Kier alpha value is -1.46. The molecule has 22 heavy (non-hydrogen) atoms. The van der Waals surface area contributed by atoms with Crippen molar-refractivity contribution >= 4 is 35.1 Å². The van der Waals surface area contributed by atoms with Crippen LogP contribution in [0.2, 0.25) is 10.0 Å². The fourth-order valence-corrected chi connectivity index (χ4v) is 2.32. The van der Waals surface area contributed by atoms with E-state index in [9.17, 15) is 4.79 Å². The highest BCUT2D eigenvalue weighted by atomic mass is 35.5. The number of halogens is 2. The molecule has 2 N–H and O–H groups in total. The summed E-state index contributed by atoms with van der Waals surface area (Å²) in [6, 6.07) is 5.52. The van der Waals surface area contributed by atoms with Gasteiger partial charge in [0, 0.05) is 30.2 Å². The Balaban J connectivity index is 2.25. The van der Waals surface area contributed by atoms with Crippen LogP contribution in [0.15, 0.2) is 23.2 Å². The van der Waals surface area contributed by atoms with Crippen molar-refractivity contribution in [3.05, 3.63) is 33.8 Å². The maximum absolute atomic E-state index is 11.0. The summed E-state index contributed by atoms with van der Waals surface area (Å²) in [6.07, 6.45) is 2.05. The molecule has 5 nitrogen and oxygen atoms in total. The van der Waals surface area contributed by atoms with E-state index >= 15 is 0 Å². The average molecular weight is 346 g/mol. The van der Waals surface area contributed by atoms with E-state index in [1.165, 1.54) is 7.11 Å². The van der Waals surface area contributed by atoms with E-state index in [0.717, 1.165) is 24.9 Å². The molecule has 1 aromatic carbocycles. The molecule has 1 aromatic rings. The molecule has 0 unspecified atom stereocenters. The van der Waals surface area contributed by atoms with Crippen LogP contribution in [0, 0.1) is 0 Å². The Morgan fingerprint density at radius 1 is 1.27 bits per heavy atom. The van der Waals surface area contributed by atoms with Gasteiger partial charge in [0.15, 0.2) is 5.96 Å². The van der Waals surface area contributed by atoms with Gasteiger partial charge in [-0.15, -0.1) is 0 Å². The summed E-state index contributed by atoms with van der Waals surface area (Å²) >= 11 is 12.0. The summed E-state index contributed by atoms with van der Waals surface area (Å²) in [6.45, 7) is 1.23. The van der Waals surface area contributed by atoms with E-state index in [0.29, 0.717) is 29.0 Å². The maximum Gasteiger partial charge on any atom is 0.307 e. The van der Waals surface area contributed by atoms with Gasteiger partial charge in [-0.25, -0.2) is 0 Å². The Morgan fingerprint density at radius 3 is 2.64 bits per heavy atom. The van der Waals surface area contributed by atoms with Crippen molar-refractivity contribution in [3.8, 4) is 0 Å². The van der Waals surface area contributed by atoms with Crippen molar-refractivity contribution in [2.24, 2.45) is 4.99 Å². The first kappa shape index (κ1) is 18.6. The van der Waals surface area contributed by atoms with Gasteiger partial charge in [0.1, 0.15) is 0 Å². The molecule has 122 valence electrons. The second-order valence-corrected chi connectivity index (χ2v) is 5.43. The normalized spacial score (nSPS) is 11.2. The number of aliphatic imine (C=N–C) groups is 1. The highest BCUT2D eigenvalue weighted by molar-refractivity contribution is 6.35. The highest BCUT2D eigenvalue weighted by Gasteiger charge is 2.03. The number of carbonyl (C=O) groups excluding carboxylic acids is 1. The predicted octanol–water partition coefficient (Wildman–Crippen LogP) is 2.65. The summed E-state index contributed by atoms with van der Waals surface area (Å²) in [4.78, 5) is 15.1. The highest BCUT2D eigenvalue weighted by Crippen LogP contribution is 2.21. The van der Waals surface area contributed by atoms with Crippen molar-refractivity contribution < 1.29 is 9.53 Å². The molecule has 7 heteroatoms. The number of hydrogen-bond donors (Lipinski definition) is 2. The van der Waals surface area contributed by atoms with Gasteiger partial charge in [0.25, 0.3) is 0 Å². The number of aryl methyl sites for hydroxylation is 1. The number of ether oxygens (including phenoxy) is 1. The van der Waals surface area contributed by atoms with Crippen LogP contribution in [0.25, 0.3) is 0 Å². The van der Waals surface area contributed by atoms with E-state index in [4.69, 9.17) is 23.2 Å². The largest absolute Gasteiger partial charge is 0.469 e. The molecule has 0 heterocycles. The molecule has 0 fully saturated rings. The van der Waals surface area contributed by atoms with Crippen LogP contribution in [-0.4, -0.2) is 39.2 Å². The minimum Gasteiger partial charge on any atom is -0.469 e. The third kappa shape index (κ3) is 7.00. The molecule has 0 spiro atoms. The summed E-state index contributed by atoms with van der Waals surface area (Å²) < 4.78 is 4.57. The molecule has 0 atom stereocenters. The molecule has 0 aromatic heterocycles. The van der Waals surface area contributed by atoms with Gasteiger partial charge in [0.2, 0.25) is 0 Å². The van der Waals surface area contributed by atoms with Crippen LogP contribution in [0.1, 0.15) is 18.4 Å². The number of carbonyl (C=O) groups is 1. The van der Waals surface area contributed by atoms with Crippen molar-refractivity contribution in [2.45, 2.75) is 19.3 Å². The van der Waals surface area contributed by atoms with Crippen molar-refractivity contribution in [3.63, 3.8) is 0 Å². The van der Waals surface area contributed by atoms with E-state index < -0.39 is 0 Å². The minimum atomic E-state index is -0.250. The molecular weight excluding hydrogens is 325 g/mol. The third-order valence-electron chi connectivity index (χ3n) is 3.00. The maximum atomic E-state index is 11.0. The molecule has 0 amide bonds. The van der Waals surface area contributed by atoms with Gasteiger partial charge in [-0.2, -0.15) is 0 Å². The van der Waals surface area contributed by atoms with E-state index in [2.05, 4.69) is 20.4 Å². The van der Waals surface area contributed by atoms with Crippen molar-refractivity contribution in [2.75, 3.05) is 27.2 Å². The van der Waals surface area contributed by atoms with Gasteiger partial charge in [-0.1, -0.05) is 29.3 Å². The number of nitrogens with one attached hydrogen (secondary N) is 2. The molecule has 0 saturated heterocycles. The Labute approximate surface area is 141 Å². The number of esters is 1. The number of methoxy groups -OCH3 is 1. The zero-order valence-corrected chi connectivity index (χ0v) is 14.3. The van der Waals surface area contributed by atoms with Crippen molar-refractivity contribution in [1.29, 1.82) is 0 Å². The van der Waals surface area contributed by atoms with E-state index in [-0.39, 0.29) is 5.97 Å². The summed E-state index contributed by atoms with van der Waals surface area (Å²) in [5, 5.41) is 7.56. The second kappa shape index (κ2) is 10.3. The second-order valence-electron chi connectivity index (χ2n) is 4.59. The molecule has 0 aliphatic heterocycles. The number of rotatable bonds is 7. The Kier molecular flexibility index (Phi) is 8.70. The lowest BCUT2D eigenvalue weighted by atomic mass is 10.1. The van der Waals surface area contributed by atoms with Gasteiger partial charge in [-0.3, -0.25) is 9.79 Å². The van der Waals surface area contributed by atoms with Crippen LogP contribution in [0.3, 0.4) is 0 Å². The SMILES string of the molecule is CN=C(NCCCc1ccc(Cl)cc1Cl)NCCC(=O)OC. The van der Waals surface area contributed by atoms with Gasteiger partial charge in [0.05, 0.1) is 13.5 Å². The first-order valence-electron chi connectivity index (χ1n) is 7.02. The topological polar surface area (TPSA) is 62.7 Å². The van der Waals surface area contributed by atoms with Gasteiger partial charge in [-0.05, 0) is 30.5 Å². The zero-order chi connectivity index (χ0) is 16.4. The first-order valence-corrected chi connectivity index (χ1v) is 7.77. The molecule has 0 radical (unpaired) electrons. The first-order chi connectivity index (χ1) is 10.6. The lowest BCUT2D eigenvalue weighted by Crippen LogP contribution is -2.38. The lowest BCUT2D eigenvalue weighted by Gasteiger charge is -2.11. The molecule has 0 saturated carbocycles. The Morgan fingerprint density at radius 2 is 2.00 bits per heavy atom. The molecule has 0 aliphatic carbocycles. The number of guanidine groups is 1. The molecular formula is C15H21Cl2N3O2. The summed E-state index contributed by atoms with van der Waals surface area (Å²) in [5.74, 6) is 0.409. The lowest BCUT2D eigenvalue weighted by molar-refractivity contribution is -0.140. The zero-order valence-electron chi connectivity index (χ0n) is 12.8. The molecule has 0 bridgehead atoms. The quantitative estimate of drug-likeness (QED) is 0.345.